The lowest BCUT2D eigenvalue weighted by molar-refractivity contribution is -0.137. The van der Waals surface area contributed by atoms with E-state index in [9.17, 15) is 41.0 Å². The van der Waals surface area contributed by atoms with E-state index in [1.807, 2.05) is 0 Å². The van der Waals surface area contributed by atoms with Gasteiger partial charge in [-0.1, -0.05) is 25.8 Å². The van der Waals surface area contributed by atoms with Crippen LogP contribution in [0.2, 0.25) is 0 Å². The summed E-state index contributed by atoms with van der Waals surface area (Å²) in [5.41, 5.74) is -1.18. The van der Waals surface area contributed by atoms with Crippen LogP contribution in [-0.4, -0.2) is 57.6 Å². The number of aromatic amines is 1. The van der Waals surface area contributed by atoms with Crippen molar-refractivity contribution in [1.82, 2.24) is 20.3 Å². The Balaban J connectivity index is 0.000000569. The van der Waals surface area contributed by atoms with Crippen LogP contribution >= 0.6 is 0 Å². The number of carbonyl (C=O) groups is 2. The Morgan fingerprint density at radius 3 is 2.30 bits per heavy atom. The molecular weight excluding hydrogens is 634 g/mol. The molecule has 0 bridgehead atoms. The summed E-state index contributed by atoms with van der Waals surface area (Å²) in [5.74, 6) is -0.527. The highest BCUT2D eigenvalue weighted by Crippen LogP contribution is 2.37. The zero-order chi connectivity index (χ0) is 34.6. The molecule has 2 aromatic heterocycles. The van der Waals surface area contributed by atoms with Crippen LogP contribution < -0.4 is 15.4 Å². The number of benzene rings is 1. The number of imidazole rings is 1. The number of pyridine rings is 1. The number of nitrogens with zero attached hydrogens (tertiary/aromatic N) is 2. The average molecular weight is 670 g/mol. The number of aliphatic hydroxyl groups is 1. The van der Waals surface area contributed by atoms with E-state index in [1.165, 1.54) is 38.8 Å². The fourth-order valence-corrected chi connectivity index (χ4v) is 4.49. The van der Waals surface area contributed by atoms with Crippen molar-refractivity contribution >= 4 is 34.5 Å². The molecule has 3 aromatic rings. The number of halogens is 8. The molecule has 1 aliphatic carbocycles. The molecule has 0 spiro atoms. The number of carbonyl (C=O) groups excluding carboxylic acids is 2. The highest BCUT2D eigenvalue weighted by atomic mass is 20.0. The molecular formula is C29H35F8N5O4. The van der Waals surface area contributed by atoms with E-state index >= 15 is 0 Å². The van der Waals surface area contributed by atoms with Gasteiger partial charge in [-0.2, -0.15) is 23.1 Å². The normalized spacial score (nSPS) is 16.9. The summed E-state index contributed by atoms with van der Waals surface area (Å²) in [5, 5.41) is 14.1. The molecule has 1 saturated carbocycles. The van der Waals surface area contributed by atoms with Crippen LogP contribution in [0.1, 0.15) is 67.9 Å². The summed E-state index contributed by atoms with van der Waals surface area (Å²) in [6.07, 6.45) is -4.10. The van der Waals surface area contributed by atoms with Gasteiger partial charge in [0.2, 0.25) is 17.7 Å². The molecule has 0 radical (unpaired) electrons. The predicted octanol–water partition coefficient (Wildman–Crippen LogP) is 7.19. The van der Waals surface area contributed by atoms with Crippen LogP contribution in [-0.2, 0) is 17.5 Å². The Hall–Kier alpha value is -4.02. The zero-order valence-corrected chi connectivity index (χ0v) is 25.2. The quantitative estimate of drug-likeness (QED) is 0.133. The average Bonchev–Trinajstić information content (AvgIpc) is 3.40. The van der Waals surface area contributed by atoms with Crippen molar-refractivity contribution in [2.75, 3.05) is 18.6 Å². The molecule has 256 valence electrons. The number of aromatic nitrogens is 3. The van der Waals surface area contributed by atoms with Gasteiger partial charge in [0.15, 0.2) is 18.0 Å². The number of hydrogen-bond acceptors (Lipinski definition) is 7. The summed E-state index contributed by atoms with van der Waals surface area (Å²) >= 11 is 0. The predicted molar refractivity (Wildman–Crippen MR) is 153 cm³/mol. The Morgan fingerprint density at radius 1 is 1.11 bits per heavy atom. The number of ketones is 1. The summed E-state index contributed by atoms with van der Waals surface area (Å²) in [4.78, 5) is 34.1. The van der Waals surface area contributed by atoms with E-state index in [0.29, 0.717) is 11.5 Å². The maximum Gasteiger partial charge on any atom is 0.418 e. The van der Waals surface area contributed by atoms with Crippen molar-refractivity contribution in [2.45, 2.75) is 71.7 Å². The summed E-state index contributed by atoms with van der Waals surface area (Å²) < 4.78 is 98.6. The number of alkyl halides is 6. The Labute approximate surface area is 259 Å². The van der Waals surface area contributed by atoms with E-state index in [0.717, 1.165) is 30.9 Å². The van der Waals surface area contributed by atoms with E-state index in [1.54, 1.807) is 0 Å². The summed E-state index contributed by atoms with van der Waals surface area (Å²) in [7, 11) is 0. The van der Waals surface area contributed by atoms with Gasteiger partial charge >= 0.3 is 6.18 Å². The van der Waals surface area contributed by atoms with Gasteiger partial charge in [-0.05, 0) is 62.3 Å². The lowest BCUT2D eigenvalue weighted by Gasteiger charge is -2.23. The molecule has 1 fully saturated rings. The molecule has 4 N–H and O–H groups in total. The first-order valence-electron chi connectivity index (χ1n) is 14.1. The zero-order valence-electron chi connectivity index (χ0n) is 25.2. The molecule has 1 aliphatic rings. The van der Waals surface area contributed by atoms with Crippen molar-refractivity contribution < 1.29 is 54.9 Å². The van der Waals surface area contributed by atoms with E-state index in [4.69, 9.17) is 13.9 Å². The molecule has 46 heavy (non-hydrogen) atoms. The number of aliphatic hydroxyl groups excluding tert-OH is 1. The largest absolute Gasteiger partial charge is 0.471 e. The van der Waals surface area contributed by atoms with Crippen molar-refractivity contribution in [3.05, 3.63) is 41.0 Å². The Morgan fingerprint density at radius 2 is 1.76 bits per heavy atom. The number of fused-ring (bicyclic) bond motifs is 1. The fraction of sp³-hybridized carbons (Fsp3) is 0.517. The molecule has 1 amide bonds. The minimum Gasteiger partial charge on any atom is -0.471 e. The minimum absolute atomic E-state index is 0.0873. The topological polar surface area (TPSA) is 129 Å². The molecule has 1 aromatic carbocycles. The monoisotopic (exact) mass is 669 g/mol. The number of ether oxygens (including phenoxy) is 1. The first kappa shape index (κ1) is 38.2. The third-order valence-corrected chi connectivity index (χ3v) is 7.01. The molecule has 0 aliphatic heterocycles. The number of H-pyrrole nitrogens is 1. The Bertz CT molecular complexity index is 1430. The van der Waals surface area contributed by atoms with Crippen molar-refractivity contribution in [3.63, 3.8) is 0 Å². The number of rotatable bonds is 10. The van der Waals surface area contributed by atoms with E-state index in [-0.39, 0.29) is 41.8 Å². The first-order chi connectivity index (χ1) is 21.7. The van der Waals surface area contributed by atoms with Crippen molar-refractivity contribution in [2.24, 2.45) is 11.8 Å². The van der Waals surface area contributed by atoms with Gasteiger partial charge in [-0.3, -0.25) is 14.0 Å². The second-order valence-corrected chi connectivity index (χ2v) is 10.7. The number of anilines is 2. The SMILES string of the molecule is CC(=O)c1cc2[nH]c(Nc3cc(CNC(=O)C(C)O)ccc3C(F)(F)F)nc2nc1OCC(F)F.CC1CCC(CF)CC1.FF. The van der Waals surface area contributed by atoms with Gasteiger partial charge in [0.1, 0.15) is 6.10 Å². The van der Waals surface area contributed by atoms with Crippen LogP contribution in [0.25, 0.3) is 11.2 Å². The van der Waals surface area contributed by atoms with E-state index in [2.05, 4.69) is 32.5 Å². The second-order valence-electron chi connectivity index (χ2n) is 10.7. The minimum atomic E-state index is -4.73. The number of hydrogen-bond donors (Lipinski definition) is 4. The molecule has 4 rings (SSSR count). The van der Waals surface area contributed by atoms with Crippen LogP contribution in [0.5, 0.6) is 5.88 Å². The molecule has 1 atom stereocenters. The van der Waals surface area contributed by atoms with Crippen LogP contribution in [0.4, 0.5) is 47.1 Å². The maximum atomic E-state index is 13.6. The van der Waals surface area contributed by atoms with Gasteiger partial charge in [0.25, 0.3) is 6.43 Å². The molecule has 2 heterocycles. The third kappa shape index (κ3) is 11.4. The summed E-state index contributed by atoms with van der Waals surface area (Å²) in [6, 6.07) is 4.37. The fourth-order valence-electron chi connectivity index (χ4n) is 4.49. The molecule has 17 heteroatoms. The third-order valence-electron chi connectivity index (χ3n) is 7.01. The highest BCUT2D eigenvalue weighted by molar-refractivity contribution is 5.99. The van der Waals surface area contributed by atoms with Gasteiger partial charge in [-0.15, -0.1) is 0 Å². The molecule has 0 saturated heterocycles. The van der Waals surface area contributed by atoms with Crippen molar-refractivity contribution in [1.29, 1.82) is 0 Å². The maximum absolute atomic E-state index is 13.6. The summed E-state index contributed by atoms with van der Waals surface area (Å²) in [6.45, 7) is 3.42. The first-order valence-corrected chi connectivity index (χ1v) is 14.1. The highest BCUT2D eigenvalue weighted by Gasteiger charge is 2.34. The second kappa shape index (κ2) is 17.6. The van der Waals surface area contributed by atoms with Crippen LogP contribution in [0.15, 0.2) is 24.3 Å². The van der Waals surface area contributed by atoms with Gasteiger partial charge in [0.05, 0.1) is 29.0 Å². The molecule has 9 nitrogen and oxygen atoms in total. The molecule has 1 unspecified atom stereocenters. The van der Waals surface area contributed by atoms with Crippen molar-refractivity contribution in [3.8, 4) is 5.88 Å². The smallest absolute Gasteiger partial charge is 0.418 e. The Kier molecular flexibility index (Phi) is 14.6. The number of amides is 1. The number of Topliss-reactive ketones (excluding diaryl/α,β-unsaturated/α-hetero) is 1. The van der Waals surface area contributed by atoms with Crippen LogP contribution in [0.3, 0.4) is 0 Å². The lowest BCUT2D eigenvalue weighted by atomic mass is 9.84. The lowest BCUT2D eigenvalue weighted by Crippen LogP contribution is -2.32. The van der Waals surface area contributed by atoms with Gasteiger partial charge in [-0.25, -0.2) is 8.78 Å². The van der Waals surface area contributed by atoms with Gasteiger partial charge < -0.3 is 25.5 Å². The van der Waals surface area contributed by atoms with Crippen LogP contribution in [0, 0.1) is 11.8 Å². The number of nitrogens with one attached hydrogen (secondary N) is 3. The standard InChI is InChI=1S/C21H20F5N5O4.C8H15F.F2/c1-9(32)12-6-15-17(30-19(12)35-8-16(22)23)31-20(29-15)28-14-5-11(7-27-18(34)10(2)33)3-4-13(14)21(24,25)26;1-7-2-4-8(6-9)5-3-7;1-2/h3-6,10,16,33H,7-8H2,1-2H3,(H,27,34)(H2,28,29,30,31);7-8H,2-6H2,1H3;. The van der Waals surface area contributed by atoms with E-state index < -0.39 is 48.3 Å². The van der Waals surface area contributed by atoms with Gasteiger partial charge in [0, 0.05) is 15.7 Å².